The third-order valence-electron chi connectivity index (χ3n) is 3.22. The van der Waals surface area contributed by atoms with Crippen molar-refractivity contribution < 1.29 is 13.2 Å². The lowest BCUT2D eigenvalue weighted by atomic mass is 10.3. The van der Waals surface area contributed by atoms with Crippen LogP contribution in [-0.4, -0.2) is 61.7 Å². The van der Waals surface area contributed by atoms with Crippen LogP contribution in [0.15, 0.2) is 29.2 Å². The molecule has 0 radical (unpaired) electrons. The van der Waals surface area contributed by atoms with Crippen LogP contribution in [0.3, 0.4) is 0 Å². The smallest absolute Gasteiger partial charge is 0.233 e. The molecule has 21 heavy (non-hydrogen) atoms. The molecule has 0 bridgehead atoms. The number of rotatable bonds is 4. The van der Waals surface area contributed by atoms with E-state index in [4.69, 9.17) is 11.6 Å². The summed E-state index contributed by atoms with van der Waals surface area (Å²) in [5.74, 6) is 0.354. The zero-order chi connectivity index (χ0) is 15.5. The molecule has 0 saturated carbocycles. The quantitative estimate of drug-likeness (QED) is 0.774. The number of piperazine rings is 1. The first-order chi connectivity index (χ1) is 9.86. The van der Waals surface area contributed by atoms with Gasteiger partial charge in [0.25, 0.3) is 0 Å². The molecule has 0 N–H and O–H groups in total. The maximum absolute atomic E-state index is 12.1. The maximum atomic E-state index is 12.1. The van der Waals surface area contributed by atoms with Gasteiger partial charge in [-0.2, -0.15) is 4.31 Å². The van der Waals surface area contributed by atoms with Gasteiger partial charge in [0.15, 0.2) is 0 Å². The predicted octanol–water partition coefficient (Wildman–Crippen LogP) is 1.54. The van der Waals surface area contributed by atoms with E-state index in [1.807, 2.05) is 18.2 Å². The number of hydrogen-bond donors (Lipinski definition) is 0. The molecule has 2 rings (SSSR count). The molecule has 0 aliphatic carbocycles. The zero-order valence-electron chi connectivity index (χ0n) is 11.7. The van der Waals surface area contributed by atoms with Crippen molar-refractivity contribution in [1.82, 2.24) is 9.21 Å². The summed E-state index contributed by atoms with van der Waals surface area (Å²) < 4.78 is 24.2. The van der Waals surface area contributed by atoms with Crippen molar-refractivity contribution in [2.24, 2.45) is 0 Å². The van der Waals surface area contributed by atoms with E-state index in [1.54, 1.807) is 11.0 Å². The van der Waals surface area contributed by atoms with Crippen LogP contribution < -0.4 is 0 Å². The number of halogens is 1. The van der Waals surface area contributed by atoms with E-state index in [0.29, 0.717) is 37.0 Å². The molecule has 1 amide bonds. The normalized spacial score (nSPS) is 17.0. The minimum atomic E-state index is -3.16. The van der Waals surface area contributed by atoms with Gasteiger partial charge in [0.2, 0.25) is 15.9 Å². The van der Waals surface area contributed by atoms with Crippen molar-refractivity contribution in [3.8, 4) is 0 Å². The van der Waals surface area contributed by atoms with Crippen LogP contribution in [0.1, 0.15) is 0 Å². The highest BCUT2D eigenvalue weighted by atomic mass is 35.5. The van der Waals surface area contributed by atoms with Crippen LogP contribution in [0.4, 0.5) is 0 Å². The number of thioether (sulfide) groups is 1. The fraction of sp³-hybridized carbons (Fsp3) is 0.462. The van der Waals surface area contributed by atoms with Gasteiger partial charge in [0.1, 0.15) is 0 Å². The second-order valence-electron chi connectivity index (χ2n) is 4.79. The highest BCUT2D eigenvalue weighted by Gasteiger charge is 2.25. The Hall–Kier alpha value is -0.760. The van der Waals surface area contributed by atoms with E-state index in [9.17, 15) is 13.2 Å². The molecule has 1 fully saturated rings. The van der Waals surface area contributed by atoms with Gasteiger partial charge >= 0.3 is 0 Å². The molecule has 0 atom stereocenters. The van der Waals surface area contributed by atoms with Crippen molar-refractivity contribution in [2.45, 2.75) is 4.90 Å². The van der Waals surface area contributed by atoms with Crippen LogP contribution in [-0.2, 0) is 14.8 Å². The molecule has 1 saturated heterocycles. The van der Waals surface area contributed by atoms with Crippen molar-refractivity contribution in [2.75, 3.05) is 38.2 Å². The number of nitrogens with zero attached hydrogens (tertiary/aromatic N) is 2. The average Bonchev–Trinajstić information content (AvgIpc) is 2.44. The Morgan fingerprint density at radius 2 is 1.95 bits per heavy atom. The molecule has 0 aromatic heterocycles. The van der Waals surface area contributed by atoms with Crippen molar-refractivity contribution in [3.05, 3.63) is 29.3 Å². The van der Waals surface area contributed by atoms with Gasteiger partial charge in [-0.1, -0.05) is 17.7 Å². The topological polar surface area (TPSA) is 57.7 Å². The standard InChI is InChI=1S/C13H17ClN2O3S2/c1-21(18,19)16-7-5-15(6-8-16)13(17)10-20-12-4-2-3-11(14)9-12/h2-4,9H,5-8,10H2,1H3. The molecule has 1 aromatic rings. The van der Waals surface area contributed by atoms with Crippen LogP contribution in [0.5, 0.6) is 0 Å². The minimum Gasteiger partial charge on any atom is -0.339 e. The summed E-state index contributed by atoms with van der Waals surface area (Å²) >= 11 is 7.33. The monoisotopic (exact) mass is 348 g/mol. The highest BCUT2D eigenvalue weighted by Crippen LogP contribution is 2.22. The third-order valence-corrected chi connectivity index (χ3v) is 5.74. The first kappa shape index (κ1) is 16.6. The van der Waals surface area contributed by atoms with Gasteiger partial charge in [0, 0.05) is 36.1 Å². The SMILES string of the molecule is CS(=O)(=O)N1CCN(C(=O)CSc2cccc(Cl)c2)CC1. The number of benzene rings is 1. The summed E-state index contributed by atoms with van der Waals surface area (Å²) in [4.78, 5) is 14.8. The Labute approximate surface area is 134 Å². The molecule has 116 valence electrons. The van der Waals surface area contributed by atoms with Gasteiger partial charge in [0.05, 0.1) is 12.0 Å². The molecular weight excluding hydrogens is 332 g/mol. The van der Waals surface area contributed by atoms with Gasteiger partial charge in [-0.25, -0.2) is 8.42 Å². The van der Waals surface area contributed by atoms with Crippen molar-refractivity contribution in [3.63, 3.8) is 0 Å². The predicted molar refractivity (Wildman–Crippen MR) is 85.2 cm³/mol. The molecule has 1 aliphatic rings. The molecule has 1 heterocycles. The lowest BCUT2D eigenvalue weighted by Gasteiger charge is -2.33. The molecule has 1 aliphatic heterocycles. The first-order valence-electron chi connectivity index (χ1n) is 6.47. The number of sulfonamides is 1. The molecular formula is C13H17ClN2O3S2. The zero-order valence-corrected chi connectivity index (χ0v) is 14.0. The van der Waals surface area contributed by atoms with Crippen molar-refractivity contribution in [1.29, 1.82) is 0 Å². The second kappa shape index (κ2) is 7.00. The molecule has 1 aromatic carbocycles. The summed E-state index contributed by atoms with van der Waals surface area (Å²) in [6.07, 6.45) is 1.19. The Kier molecular flexibility index (Phi) is 5.54. The lowest BCUT2D eigenvalue weighted by molar-refractivity contribution is -0.129. The minimum absolute atomic E-state index is 0.0214. The fourth-order valence-corrected chi connectivity index (χ4v) is 4.00. The van der Waals surface area contributed by atoms with Gasteiger partial charge < -0.3 is 4.90 Å². The summed E-state index contributed by atoms with van der Waals surface area (Å²) in [6, 6.07) is 7.37. The van der Waals surface area contributed by atoms with E-state index >= 15 is 0 Å². The van der Waals surface area contributed by atoms with E-state index in [-0.39, 0.29) is 5.91 Å². The number of carbonyl (C=O) groups is 1. The third kappa shape index (κ3) is 4.88. The molecule has 0 unspecified atom stereocenters. The largest absolute Gasteiger partial charge is 0.339 e. The first-order valence-corrected chi connectivity index (χ1v) is 9.69. The summed E-state index contributed by atoms with van der Waals surface area (Å²) in [6.45, 7) is 1.63. The fourth-order valence-electron chi connectivity index (χ4n) is 2.06. The average molecular weight is 349 g/mol. The van der Waals surface area contributed by atoms with E-state index in [0.717, 1.165) is 4.90 Å². The van der Waals surface area contributed by atoms with Gasteiger partial charge in [-0.05, 0) is 18.2 Å². The summed E-state index contributed by atoms with van der Waals surface area (Å²) in [7, 11) is -3.16. The van der Waals surface area contributed by atoms with E-state index in [2.05, 4.69) is 0 Å². The Balaban J connectivity index is 1.83. The number of amides is 1. The highest BCUT2D eigenvalue weighted by molar-refractivity contribution is 8.00. The summed E-state index contributed by atoms with van der Waals surface area (Å²) in [5, 5.41) is 0.647. The van der Waals surface area contributed by atoms with Gasteiger partial charge in [-0.3, -0.25) is 4.79 Å². The van der Waals surface area contributed by atoms with Crippen LogP contribution >= 0.6 is 23.4 Å². The Morgan fingerprint density at radius 3 is 2.52 bits per heavy atom. The summed E-state index contributed by atoms with van der Waals surface area (Å²) in [5.41, 5.74) is 0. The number of hydrogen-bond acceptors (Lipinski definition) is 4. The molecule has 8 heteroatoms. The number of carbonyl (C=O) groups excluding carboxylic acids is 1. The lowest BCUT2D eigenvalue weighted by Crippen LogP contribution is -2.50. The van der Waals surface area contributed by atoms with Crippen LogP contribution in [0.2, 0.25) is 5.02 Å². The van der Waals surface area contributed by atoms with E-state index in [1.165, 1.54) is 22.3 Å². The molecule has 5 nitrogen and oxygen atoms in total. The van der Waals surface area contributed by atoms with Gasteiger partial charge in [-0.15, -0.1) is 11.8 Å². The Bertz CT molecular complexity index is 614. The Morgan fingerprint density at radius 1 is 1.29 bits per heavy atom. The van der Waals surface area contributed by atoms with E-state index < -0.39 is 10.0 Å². The maximum Gasteiger partial charge on any atom is 0.233 e. The van der Waals surface area contributed by atoms with Crippen molar-refractivity contribution >= 4 is 39.3 Å². The van der Waals surface area contributed by atoms with Crippen LogP contribution in [0.25, 0.3) is 0 Å². The second-order valence-corrected chi connectivity index (χ2v) is 8.26. The van der Waals surface area contributed by atoms with Crippen LogP contribution in [0, 0.1) is 0 Å². The molecule has 0 spiro atoms.